The van der Waals surface area contributed by atoms with Gasteiger partial charge in [-0.3, -0.25) is 0 Å². The van der Waals surface area contributed by atoms with Gasteiger partial charge in [-0.2, -0.15) is 0 Å². The van der Waals surface area contributed by atoms with E-state index in [1.807, 2.05) is 0 Å². The summed E-state index contributed by atoms with van der Waals surface area (Å²) >= 11 is 5.26. The standard InChI is InChI=1S/C10H16BrNS/c1-3-4-8(2)12-7-9-5-6-10(11)13-9/h5-6,8,12H,3-4,7H2,1-2H3. The van der Waals surface area contributed by atoms with Crippen molar-refractivity contribution in [2.24, 2.45) is 0 Å². The lowest BCUT2D eigenvalue weighted by Crippen LogP contribution is -2.24. The summed E-state index contributed by atoms with van der Waals surface area (Å²) in [4.78, 5) is 1.40. The first kappa shape index (κ1) is 11.2. The second-order valence-corrected chi connectivity index (χ2v) is 5.82. The molecule has 0 spiro atoms. The maximum atomic E-state index is 3.50. The summed E-state index contributed by atoms with van der Waals surface area (Å²) < 4.78 is 1.22. The van der Waals surface area contributed by atoms with Gasteiger partial charge in [0, 0.05) is 17.5 Å². The molecule has 0 radical (unpaired) electrons. The fourth-order valence-electron chi connectivity index (χ4n) is 1.26. The van der Waals surface area contributed by atoms with E-state index in [2.05, 4.69) is 47.2 Å². The number of hydrogen-bond acceptors (Lipinski definition) is 2. The third kappa shape index (κ3) is 4.25. The molecule has 0 amide bonds. The van der Waals surface area contributed by atoms with E-state index in [9.17, 15) is 0 Å². The van der Waals surface area contributed by atoms with Crippen LogP contribution in [0.25, 0.3) is 0 Å². The molecule has 0 aliphatic heterocycles. The Bertz CT molecular complexity index is 247. The van der Waals surface area contributed by atoms with E-state index in [1.165, 1.54) is 21.5 Å². The topological polar surface area (TPSA) is 12.0 Å². The third-order valence-electron chi connectivity index (χ3n) is 1.98. The molecule has 1 nitrogen and oxygen atoms in total. The quantitative estimate of drug-likeness (QED) is 0.851. The van der Waals surface area contributed by atoms with Gasteiger partial charge < -0.3 is 5.32 Å². The molecule has 1 rings (SSSR count). The highest BCUT2D eigenvalue weighted by Crippen LogP contribution is 2.21. The number of rotatable bonds is 5. The van der Waals surface area contributed by atoms with Gasteiger partial charge in [0.05, 0.1) is 3.79 Å². The van der Waals surface area contributed by atoms with Crippen molar-refractivity contribution in [2.45, 2.75) is 39.3 Å². The summed E-state index contributed by atoms with van der Waals surface area (Å²) in [6.45, 7) is 5.46. The van der Waals surface area contributed by atoms with E-state index in [0.717, 1.165) is 6.54 Å². The van der Waals surface area contributed by atoms with E-state index in [1.54, 1.807) is 11.3 Å². The van der Waals surface area contributed by atoms with E-state index >= 15 is 0 Å². The molecule has 74 valence electrons. The Labute approximate surface area is 92.7 Å². The molecule has 1 aromatic rings. The summed E-state index contributed by atoms with van der Waals surface area (Å²) in [6.07, 6.45) is 2.51. The molecule has 1 N–H and O–H groups in total. The molecule has 1 atom stereocenters. The molecule has 0 bridgehead atoms. The first-order chi connectivity index (χ1) is 6.22. The van der Waals surface area contributed by atoms with Crippen LogP contribution < -0.4 is 5.32 Å². The molecule has 0 saturated heterocycles. The second-order valence-electron chi connectivity index (χ2n) is 3.28. The van der Waals surface area contributed by atoms with E-state index in [4.69, 9.17) is 0 Å². The summed E-state index contributed by atoms with van der Waals surface area (Å²) in [5.41, 5.74) is 0. The lowest BCUT2D eigenvalue weighted by Gasteiger charge is -2.10. The van der Waals surface area contributed by atoms with Gasteiger partial charge in [0.2, 0.25) is 0 Å². The highest BCUT2D eigenvalue weighted by molar-refractivity contribution is 9.11. The Balaban J connectivity index is 2.26. The number of nitrogens with one attached hydrogen (secondary N) is 1. The second kappa shape index (κ2) is 5.78. The lowest BCUT2D eigenvalue weighted by molar-refractivity contribution is 0.511. The first-order valence-corrected chi connectivity index (χ1v) is 6.31. The fraction of sp³-hybridized carbons (Fsp3) is 0.600. The zero-order valence-corrected chi connectivity index (χ0v) is 10.5. The van der Waals surface area contributed by atoms with Crippen molar-refractivity contribution >= 4 is 27.3 Å². The molecule has 13 heavy (non-hydrogen) atoms. The van der Waals surface area contributed by atoms with Crippen LogP contribution in [0.3, 0.4) is 0 Å². The molecule has 0 saturated carbocycles. The Morgan fingerprint density at radius 1 is 1.54 bits per heavy atom. The Morgan fingerprint density at radius 2 is 2.31 bits per heavy atom. The van der Waals surface area contributed by atoms with Crippen LogP contribution in [0.4, 0.5) is 0 Å². The van der Waals surface area contributed by atoms with Gasteiger partial charge in [-0.05, 0) is 41.4 Å². The van der Waals surface area contributed by atoms with Crippen LogP contribution in [0, 0.1) is 0 Å². The minimum absolute atomic E-state index is 0.630. The van der Waals surface area contributed by atoms with Gasteiger partial charge >= 0.3 is 0 Å². The predicted octanol–water partition coefficient (Wildman–Crippen LogP) is 3.79. The van der Waals surface area contributed by atoms with Crippen molar-refractivity contribution in [3.8, 4) is 0 Å². The van der Waals surface area contributed by atoms with Crippen LogP contribution in [0.15, 0.2) is 15.9 Å². The molecule has 1 unspecified atom stereocenters. The van der Waals surface area contributed by atoms with Crippen molar-refractivity contribution in [3.05, 3.63) is 20.8 Å². The lowest BCUT2D eigenvalue weighted by atomic mass is 10.2. The van der Waals surface area contributed by atoms with Gasteiger partial charge in [0.25, 0.3) is 0 Å². The van der Waals surface area contributed by atoms with Gasteiger partial charge in [-0.25, -0.2) is 0 Å². The number of halogens is 1. The average molecular weight is 262 g/mol. The van der Waals surface area contributed by atoms with E-state index in [0.29, 0.717) is 6.04 Å². The summed E-state index contributed by atoms with van der Waals surface area (Å²) in [5.74, 6) is 0. The molecule has 3 heteroatoms. The van der Waals surface area contributed by atoms with Crippen molar-refractivity contribution in [3.63, 3.8) is 0 Å². The summed E-state index contributed by atoms with van der Waals surface area (Å²) in [6, 6.07) is 4.90. The zero-order chi connectivity index (χ0) is 9.68. The third-order valence-corrected chi connectivity index (χ3v) is 3.60. The first-order valence-electron chi connectivity index (χ1n) is 4.70. The highest BCUT2D eigenvalue weighted by Gasteiger charge is 2.01. The predicted molar refractivity (Wildman–Crippen MR) is 63.2 cm³/mol. The van der Waals surface area contributed by atoms with E-state index < -0.39 is 0 Å². The van der Waals surface area contributed by atoms with E-state index in [-0.39, 0.29) is 0 Å². The number of hydrogen-bond donors (Lipinski definition) is 1. The van der Waals surface area contributed by atoms with Crippen LogP contribution in [0.2, 0.25) is 0 Å². The highest BCUT2D eigenvalue weighted by atomic mass is 79.9. The summed E-state index contributed by atoms with van der Waals surface area (Å²) in [7, 11) is 0. The van der Waals surface area contributed by atoms with Crippen LogP contribution in [0.5, 0.6) is 0 Å². The Kier molecular flexibility index (Phi) is 4.99. The largest absolute Gasteiger partial charge is 0.309 e. The molecular weight excluding hydrogens is 246 g/mol. The van der Waals surface area contributed by atoms with Crippen LogP contribution >= 0.6 is 27.3 Å². The Hall–Kier alpha value is 0.140. The van der Waals surface area contributed by atoms with Crippen molar-refractivity contribution in [1.29, 1.82) is 0 Å². The van der Waals surface area contributed by atoms with Crippen molar-refractivity contribution in [1.82, 2.24) is 5.32 Å². The monoisotopic (exact) mass is 261 g/mol. The number of thiophene rings is 1. The molecule has 1 aromatic heterocycles. The SMILES string of the molecule is CCCC(C)NCc1ccc(Br)s1. The minimum atomic E-state index is 0.630. The average Bonchev–Trinajstić information content (AvgIpc) is 2.49. The van der Waals surface area contributed by atoms with Gasteiger partial charge in [0.1, 0.15) is 0 Å². The normalized spacial score (nSPS) is 13.2. The minimum Gasteiger partial charge on any atom is -0.309 e. The maximum absolute atomic E-state index is 3.50. The van der Waals surface area contributed by atoms with Crippen molar-refractivity contribution in [2.75, 3.05) is 0 Å². The molecular formula is C10H16BrNS. The van der Waals surface area contributed by atoms with Crippen LogP contribution in [0.1, 0.15) is 31.6 Å². The van der Waals surface area contributed by atoms with Gasteiger partial charge in [-0.1, -0.05) is 13.3 Å². The molecule has 0 aliphatic rings. The Morgan fingerprint density at radius 3 is 2.85 bits per heavy atom. The van der Waals surface area contributed by atoms with Crippen LogP contribution in [-0.4, -0.2) is 6.04 Å². The summed E-state index contributed by atoms with van der Waals surface area (Å²) in [5, 5.41) is 3.50. The van der Waals surface area contributed by atoms with Gasteiger partial charge in [0.15, 0.2) is 0 Å². The molecule has 0 aromatic carbocycles. The van der Waals surface area contributed by atoms with Crippen molar-refractivity contribution < 1.29 is 0 Å². The smallest absolute Gasteiger partial charge is 0.0701 e. The molecule has 1 heterocycles. The molecule has 0 aliphatic carbocycles. The fourth-order valence-corrected chi connectivity index (χ4v) is 2.69. The zero-order valence-electron chi connectivity index (χ0n) is 8.14. The van der Waals surface area contributed by atoms with Gasteiger partial charge in [-0.15, -0.1) is 11.3 Å². The molecule has 0 fully saturated rings. The maximum Gasteiger partial charge on any atom is 0.0701 e. The van der Waals surface area contributed by atoms with Crippen LogP contribution in [-0.2, 0) is 6.54 Å².